The summed E-state index contributed by atoms with van der Waals surface area (Å²) in [4.78, 5) is 0. The number of unbranched alkanes of at least 4 members (excludes halogenated alkanes) is 10. The zero-order chi connectivity index (χ0) is 15.2. The van der Waals surface area contributed by atoms with E-state index in [2.05, 4.69) is 41.5 Å². The first-order valence-corrected chi connectivity index (χ1v) is 8.62. The van der Waals surface area contributed by atoms with Gasteiger partial charge in [0.05, 0.1) is 0 Å². The summed E-state index contributed by atoms with van der Waals surface area (Å²) in [6, 6.07) is 0. The summed E-state index contributed by atoms with van der Waals surface area (Å²) in [5.74, 6) is 0. The third-order valence-electron chi connectivity index (χ3n) is 2.81. The minimum absolute atomic E-state index is 0. The molecule has 0 aromatic carbocycles. The van der Waals surface area contributed by atoms with E-state index in [9.17, 15) is 0 Å². The molecule has 0 amide bonds. The van der Waals surface area contributed by atoms with E-state index in [1.165, 1.54) is 64.2 Å². The summed E-state index contributed by atoms with van der Waals surface area (Å²) in [5, 5.41) is 0. The molecule has 0 aromatic heterocycles. The molecule has 0 bridgehead atoms. The van der Waals surface area contributed by atoms with Gasteiger partial charge in [0.1, 0.15) is 0 Å². The zero-order valence-corrected chi connectivity index (χ0v) is 17.4. The average molecular weight is 456 g/mol. The monoisotopic (exact) mass is 456 g/mol. The molecule has 1 radical (unpaired) electrons. The Hall–Kier alpha value is 0.662. The van der Waals surface area contributed by atoms with Crippen LogP contribution in [0.15, 0.2) is 0 Å². The second kappa shape index (κ2) is 36.7. The number of hydrogen-bond donors (Lipinski definition) is 0. The Morgan fingerprint density at radius 1 is 0.450 bits per heavy atom. The predicted molar refractivity (Wildman–Crippen MR) is 93.1 cm³/mol. The normalized spacial score (nSPS) is 8.70. The Balaban J connectivity index is -0.000000102. The summed E-state index contributed by atoms with van der Waals surface area (Å²) >= 11 is 0. The van der Waals surface area contributed by atoms with Gasteiger partial charge >= 0.3 is 0 Å². The molecule has 0 nitrogen and oxygen atoms in total. The van der Waals surface area contributed by atoms with Crippen LogP contribution in [-0.2, 0) is 20.4 Å². The fourth-order valence-electron chi connectivity index (χ4n) is 1.38. The van der Waals surface area contributed by atoms with E-state index in [1.54, 1.807) is 0 Å². The van der Waals surface area contributed by atoms with Crippen LogP contribution in [0.25, 0.3) is 0 Å². The molecular formula is C19H41Re-3. The molecule has 20 heavy (non-hydrogen) atoms. The van der Waals surface area contributed by atoms with Gasteiger partial charge in [-0.25, -0.2) is 0 Å². The summed E-state index contributed by atoms with van der Waals surface area (Å²) in [5.41, 5.74) is 0. The number of hydrogen-bond acceptors (Lipinski definition) is 0. The maximum atomic E-state index is 3.80. The van der Waals surface area contributed by atoms with Gasteiger partial charge in [-0.05, 0) is 0 Å². The SMILES string of the molecule is [CH2-]CCC.[CH2-]CCCCC.[CH2-]CCCCCCCC.[Re]. The minimum atomic E-state index is 0. The van der Waals surface area contributed by atoms with Crippen LogP contribution in [0, 0.1) is 20.8 Å². The van der Waals surface area contributed by atoms with Crippen LogP contribution in [0.5, 0.6) is 0 Å². The van der Waals surface area contributed by atoms with E-state index >= 15 is 0 Å². The first-order chi connectivity index (χ1) is 9.24. The fourth-order valence-corrected chi connectivity index (χ4v) is 1.38. The second-order valence-electron chi connectivity index (χ2n) is 5.04. The van der Waals surface area contributed by atoms with Crippen LogP contribution in [-0.4, -0.2) is 0 Å². The summed E-state index contributed by atoms with van der Waals surface area (Å²) in [6.45, 7) is 17.7. The Morgan fingerprint density at radius 3 is 1.05 bits per heavy atom. The molecule has 0 saturated heterocycles. The van der Waals surface area contributed by atoms with E-state index in [1.807, 2.05) is 0 Å². The zero-order valence-electron chi connectivity index (χ0n) is 14.7. The van der Waals surface area contributed by atoms with Gasteiger partial charge in [0.25, 0.3) is 0 Å². The molecule has 0 spiro atoms. The van der Waals surface area contributed by atoms with Crippen molar-refractivity contribution < 1.29 is 20.4 Å². The first-order valence-electron chi connectivity index (χ1n) is 8.62. The predicted octanol–water partition coefficient (Wildman–Crippen LogP) is 7.59. The van der Waals surface area contributed by atoms with Gasteiger partial charge in [0.2, 0.25) is 0 Å². The topological polar surface area (TPSA) is 0 Å². The molecule has 0 aromatic rings. The van der Waals surface area contributed by atoms with Gasteiger partial charge in [-0.1, -0.05) is 85.0 Å². The van der Waals surface area contributed by atoms with Crippen LogP contribution >= 0.6 is 0 Å². The van der Waals surface area contributed by atoms with Crippen molar-refractivity contribution >= 4 is 0 Å². The van der Waals surface area contributed by atoms with Crippen molar-refractivity contribution in [3.05, 3.63) is 20.8 Å². The van der Waals surface area contributed by atoms with Gasteiger partial charge in [0.15, 0.2) is 0 Å². The molecule has 0 N–H and O–H groups in total. The Morgan fingerprint density at radius 2 is 0.750 bits per heavy atom. The van der Waals surface area contributed by atoms with Gasteiger partial charge in [-0.3, -0.25) is 0 Å². The van der Waals surface area contributed by atoms with Crippen molar-refractivity contribution in [3.8, 4) is 0 Å². The van der Waals surface area contributed by atoms with Crippen LogP contribution in [0.2, 0.25) is 0 Å². The molecular weight excluding hydrogens is 414 g/mol. The third-order valence-corrected chi connectivity index (χ3v) is 2.81. The van der Waals surface area contributed by atoms with E-state index in [0.717, 1.165) is 19.3 Å². The van der Waals surface area contributed by atoms with Gasteiger partial charge in [-0.15, -0.1) is 0 Å². The fraction of sp³-hybridized carbons (Fsp3) is 0.842. The van der Waals surface area contributed by atoms with Crippen LogP contribution in [0.4, 0.5) is 0 Å². The molecule has 0 aliphatic rings. The largest absolute Gasteiger partial charge is 0.343 e. The van der Waals surface area contributed by atoms with Crippen LogP contribution in [0.3, 0.4) is 0 Å². The van der Waals surface area contributed by atoms with Crippen molar-refractivity contribution in [1.29, 1.82) is 0 Å². The van der Waals surface area contributed by atoms with Crippen LogP contribution < -0.4 is 0 Å². The van der Waals surface area contributed by atoms with Crippen molar-refractivity contribution in [2.45, 2.75) is 104 Å². The van der Waals surface area contributed by atoms with Crippen molar-refractivity contribution in [2.24, 2.45) is 0 Å². The molecule has 0 aliphatic carbocycles. The maximum Gasteiger partial charge on any atom is 0 e. The van der Waals surface area contributed by atoms with E-state index in [0.29, 0.717) is 0 Å². The first kappa shape index (κ1) is 28.8. The average Bonchev–Trinajstić information content (AvgIpc) is 2.46. The number of rotatable bonds is 10. The van der Waals surface area contributed by atoms with Crippen LogP contribution in [0.1, 0.15) is 104 Å². The van der Waals surface area contributed by atoms with E-state index in [4.69, 9.17) is 0 Å². The minimum Gasteiger partial charge on any atom is -0.343 e. The molecule has 1 heteroatoms. The van der Waals surface area contributed by atoms with E-state index < -0.39 is 0 Å². The Kier molecular flexibility index (Phi) is 52.8. The summed E-state index contributed by atoms with van der Waals surface area (Å²) in [7, 11) is 0. The standard InChI is InChI=1S/C9H19.C6H13.C4H9.Re/c1-3-5-7-9-8-6-4-2;1-3-5-6-4-2;1-3-4-2;/h1,3-9H2,2H3;1,3-6H2,2H3;1,3-4H2,2H3;/q3*-1;. The molecule has 0 aliphatic heterocycles. The Bertz CT molecular complexity index is 89.9. The summed E-state index contributed by atoms with van der Waals surface area (Å²) < 4.78 is 0. The molecule has 127 valence electrons. The van der Waals surface area contributed by atoms with Gasteiger partial charge in [0, 0.05) is 20.4 Å². The Labute approximate surface area is 145 Å². The van der Waals surface area contributed by atoms with Crippen molar-refractivity contribution in [2.75, 3.05) is 0 Å². The van der Waals surface area contributed by atoms with Crippen molar-refractivity contribution in [3.63, 3.8) is 0 Å². The van der Waals surface area contributed by atoms with Crippen molar-refractivity contribution in [1.82, 2.24) is 0 Å². The molecule has 0 fully saturated rings. The molecule has 0 saturated carbocycles. The molecule has 0 unspecified atom stereocenters. The summed E-state index contributed by atoms with van der Waals surface area (Å²) in [6.07, 6.45) is 16.8. The van der Waals surface area contributed by atoms with E-state index in [-0.39, 0.29) is 20.4 Å². The molecule has 0 rings (SSSR count). The molecule has 0 heterocycles. The maximum absolute atomic E-state index is 3.80. The van der Waals surface area contributed by atoms with Gasteiger partial charge < -0.3 is 20.8 Å². The molecule has 0 atom stereocenters. The second-order valence-corrected chi connectivity index (χ2v) is 5.04. The third kappa shape index (κ3) is 51.2. The van der Waals surface area contributed by atoms with Gasteiger partial charge in [-0.2, -0.15) is 19.3 Å². The quantitative estimate of drug-likeness (QED) is 0.235. The smallest absolute Gasteiger partial charge is 0 e.